The summed E-state index contributed by atoms with van der Waals surface area (Å²) in [5, 5.41) is 0.885. The topological polar surface area (TPSA) is 17.1 Å². The van der Waals surface area contributed by atoms with Crippen molar-refractivity contribution in [2.24, 2.45) is 0 Å². The van der Waals surface area contributed by atoms with Gasteiger partial charge < -0.3 is 0 Å². The van der Waals surface area contributed by atoms with E-state index in [2.05, 4.69) is 23.9 Å². The number of rotatable bonds is 7. The van der Waals surface area contributed by atoms with Gasteiger partial charge in [-0.2, -0.15) is 11.8 Å². The van der Waals surface area contributed by atoms with Crippen molar-refractivity contribution in [1.29, 1.82) is 0 Å². The molecule has 0 spiro atoms. The van der Waals surface area contributed by atoms with Crippen molar-refractivity contribution in [3.63, 3.8) is 0 Å². The Morgan fingerprint density at radius 2 is 1.84 bits per heavy atom. The van der Waals surface area contributed by atoms with Crippen LogP contribution in [-0.2, 0) is 16.6 Å². The maximum absolute atomic E-state index is 12.0. The molecule has 0 radical (unpaired) electrons. The first-order chi connectivity index (χ1) is 9.34. The molecule has 1 unspecified atom stereocenters. The summed E-state index contributed by atoms with van der Waals surface area (Å²) in [6.45, 7) is 0. The molecule has 0 heterocycles. The van der Waals surface area contributed by atoms with Crippen molar-refractivity contribution >= 4 is 22.6 Å². The van der Waals surface area contributed by atoms with Gasteiger partial charge in [-0.3, -0.25) is 4.21 Å². The average Bonchev–Trinajstić information content (AvgIpc) is 2.46. The third-order valence-corrected chi connectivity index (χ3v) is 6.46. The van der Waals surface area contributed by atoms with E-state index in [0.717, 1.165) is 23.2 Å². The monoisotopic (exact) mass is 296 g/mol. The summed E-state index contributed by atoms with van der Waals surface area (Å²) in [5.41, 5.74) is 1.20. The van der Waals surface area contributed by atoms with Gasteiger partial charge in [-0.1, -0.05) is 49.6 Å². The lowest BCUT2D eigenvalue weighted by Gasteiger charge is -2.20. The molecular weight excluding hydrogens is 272 g/mol. The highest BCUT2D eigenvalue weighted by molar-refractivity contribution is 7.99. The third kappa shape index (κ3) is 6.13. The molecule has 1 aliphatic rings. The molecule has 3 heteroatoms. The molecule has 19 heavy (non-hydrogen) atoms. The van der Waals surface area contributed by atoms with Crippen molar-refractivity contribution < 1.29 is 4.21 Å². The number of hydrogen-bond donors (Lipinski definition) is 0. The Bertz CT molecular complexity index is 372. The SMILES string of the molecule is O=S(CCCSC1CCCCC1)Cc1ccccc1. The molecule has 1 aromatic carbocycles. The van der Waals surface area contributed by atoms with Gasteiger partial charge in [-0.25, -0.2) is 0 Å². The summed E-state index contributed by atoms with van der Waals surface area (Å²) in [6.07, 6.45) is 8.16. The largest absolute Gasteiger partial charge is 0.259 e. The molecule has 0 N–H and O–H groups in total. The molecule has 1 aliphatic carbocycles. The van der Waals surface area contributed by atoms with Crippen molar-refractivity contribution in [3.05, 3.63) is 35.9 Å². The van der Waals surface area contributed by atoms with E-state index < -0.39 is 10.8 Å². The van der Waals surface area contributed by atoms with E-state index in [-0.39, 0.29) is 0 Å². The Morgan fingerprint density at radius 3 is 2.58 bits per heavy atom. The second kappa shape index (κ2) is 8.80. The van der Waals surface area contributed by atoms with E-state index in [4.69, 9.17) is 0 Å². The van der Waals surface area contributed by atoms with Crippen LogP contribution in [0.15, 0.2) is 30.3 Å². The van der Waals surface area contributed by atoms with Crippen molar-refractivity contribution in [2.75, 3.05) is 11.5 Å². The quantitative estimate of drug-likeness (QED) is 0.694. The Morgan fingerprint density at radius 1 is 1.11 bits per heavy atom. The predicted octanol–water partition coefficient (Wildman–Crippen LogP) is 4.39. The smallest absolute Gasteiger partial charge is 0.0485 e. The normalized spacial score (nSPS) is 18.3. The Balaban J connectivity index is 1.56. The molecule has 1 fully saturated rings. The fourth-order valence-corrected chi connectivity index (χ4v) is 5.20. The lowest BCUT2D eigenvalue weighted by Crippen LogP contribution is -2.09. The second-order valence-corrected chi connectivity index (χ2v) is 8.24. The van der Waals surface area contributed by atoms with Crippen LogP contribution in [0.5, 0.6) is 0 Å². The van der Waals surface area contributed by atoms with E-state index in [9.17, 15) is 4.21 Å². The third-order valence-electron chi connectivity index (χ3n) is 3.59. The maximum atomic E-state index is 12.0. The second-order valence-electron chi connectivity index (χ2n) is 5.26. The van der Waals surface area contributed by atoms with Crippen LogP contribution in [0.2, 0.25) is 0 Å². The van der Waals surface area contributed by atoms with Gasteiger partial charge in [-0.05, 0) is 30.6 Å². The molecule has 1 nitrogen and oxygen atoms in total. The van der Waals surface area contributed by atoms with Crippen molar-refractivity contribution in [2.45, 2.75) is 49.5 Å². The van der Waals surface area contributed by atoms with Crippen LogP contribution in [0.4, 0.5) is 0 Å². The van der Waals surface area contributed by atoms with Gasteiger partial charge in [0, 0.05) is 27.6 Å². The summed E-state index contributed by atoms with van der Waals surface area (Å²) in [7, 11) is -0.691. The highest BCUT2D eigenvalue weighted by Gasteiger charge is 2.13. The maximum Gasteiger partial charge on any atom is 0.0485 e. The fraction of sp³-hybridized carbons (Fsp3) is 0.625. The molecule has 0 aromatic heterocycles. The highest BCUT2D eigenvalue weighted by atomic mass is 32.2. The van der Waals surface area contributed by atoms with E-state index in [1.54, 1.807) is 0 Å². The molecule has 0 bridgehead atoms. The van der Waals surface area contributed by atoms with Gasteiger partial charge >= 0.3 is 0 Å². The average molecular weight is 297 g/mol. The van der Waals surface area contributed by atoms with Crippen LogP contribution in [0.25, 0.3) is 0 Å². The van der Waals surface area contributed by atoms with E-state index in [1.807, 2.05) is 18.2 Å². The standard InChI is InChI=1S/C16H24OS2/c17-19(14-15-8-3-1-4-9-15)13-7-12-18-16-10-5-2-6-11-16/h1,3-4,8-9,16H,2,5-7,10-14H2. The van der Waals surface area contributed by atoms with E-state index in [1.165, 1.54) is 43.4 Å². The Kier molecular flexibility index (Phi) is 7.00. The number of benzene rings is 1. The summed E-state index contributed by atoms with van der Waals surface area (Å²) in [5.74, 6) is 2.76. The zero-order valence-corrected chi connectivity index (χ0v) is 13.2. The number of hydrogen-bond acceptors (Lipinski definition) is 2. The van der Waals surface area contributed by atoms with E-state index in [0.29, 0.717) is 0 Å². The fourth-order valence-electron chi connectivity index (χ4n) is 2.53. The summed E-state index contributed by atoms with van der Waals surface area (Å²) >= 11 is 2.11. The van der Waals surface area contributed by atoms with Gasteiger partial charge in [0.15, 0.2) is 0 Å². The summed E-state index contributed by atoms with van der Waals surface area (Å²) in [4.78, 5) is 0. The minimum absolute atomic E-state index is 0.691. The predicted molar refractivity (Wildman–Crippen MR) is 87.1 cm³/mol. The zero-order valence-electron chi connectivity index (χ0n) is 11.6. The van der Waals surface area contributed by atoms with Crippen LogP contribution in [0, 0.1) is 0 Å². The molecule has 0 aliphatic heterocycles. The van der Waals surface area contributed by atoms with Crippen molar-refractivity contribution in [1.82, 2.24) is 0 Å². The highest BCUT2D eigenvalue weighted by Crippen LogP contribution is 2.28. The molecule has 1 saturated carbocycles. The van der Waals surface area contributed by atoms with Crippen LogP contribution in [0.3, 0.4) is 0 Å². The minimum Gasteiger partial charge on any atom is -0.259 e. The van der Waals surface area contributed by atoms with Gasteiger partial charge in [-0.15, -0.1) is 0 Å². The van der Waals surface area contributed by atoms with Gasteiger partial charge in [0.05, 0.1) is 0 Å². The first-order valence-corrected chi connectivity index (χ1v) is 9.89. The molecule has 0 saturated heterocycles. The molecule has 0 amide bonds. The first kappa shape index (κ1) is 15.1. The molecule has 2 rings (SSSR count). The number of thioether (sulfide) groups is 1. The molecule has 1 atom stereocenters. The first-order valence-electron chi connectivity index (χ1n) is 7.35. The Hall–Kier alpha value is -0.280. The van der Waals surface area contributed by atoms with Crippen LogP contribution >= 0.6 is 11.8 Å². The lowest BCUT2D eigenvalue weighted by molar-refractivity contribution is 0.516. The van der Waals surface area contributed by atoms with E-state index >= 15 is 0 Å². The molecule has 1 aromatic rings. The van der Waals surface area contributed by atoms with Crippen LogP contribution in [0.1, 0.15) is 44.1 Å². The Labute approximate surface area is 124 Å². The van der Waals surface area contributed by atoms with Gasteiger partial charge in [0.1, 0.15) is 0 Å². The van der Waals surface area contributed by atoms with Gasteiger partial charge in [0.25, 0.3) is 0 Å². The van der Waals surface area contributed by atoms with Crippen LogP contribution in [-0.4, -0.2) is 21.0 Å². The molecule has 106 valence electrons. The van der Waals surface area contributed by atoms with Crippen molar-refractivity contribution in [3.8, 4) is 0 Å². The lowest BCUT2D eigenvalue weighted by atomic mass is 10.0. The summed E-state index contributed by atoms with van der Waals surface area (Å²) < 4.78 is 12.0. The zero-order chi connectivity index (χ0) is 13.3. The molecular formula is C16H24OS2. The summed E-state index contributed by atoms with van der Waals surface area (Å²) in [6, 6.07) is 10.2. The van der Waals surface area contributed by atoms with Gasteiger partial charge in [0.2, 0.25) is 0 Å². The van der Waals surface area contributed by atoms with Crippen LogP contribution < -0.4 is 0 Å². The minimum atomic E-state index is -0.691.